The molecule has 0 aromatic heterocycles. The van der Waals surface area contributed by atoms with Crippen LogP contribution in [0.4, 0.5) is 0 Å². The largest absolute Gasteiger partial charge is 0.490 e. The summed E-state index contributed by atoms with van der Waals surface area (Å²) in [6.07, 6.45) is 0.733. The molecule has 1 aliphatic rings. The van der Waals surface area contributed by atoms with Gasteiger partial charge in [0.1, 0.15) is 11.9 Å². The molecule has 0 bridgehead atoms. The van der Waals surface area contributed by atoms with Crippen molar-refractivity contribution in [3.05, 3.63) is 28.8 Å². The molecule has 1 unspecified atom stereocenters. The van der Waals surface area contributed by atoms with Gasteiger partial charge in [-0.15, -0.1) is 0 Å². The van der Waals surface area contributed by atoms with Crippen LogP contribution in [0.25, 0.3) is 0 Å². The molecular weight excluding hydrogens is 190 g/mol. The molecular formula is C12H15NO2. The molecule has 1 aliphatic heterocycles. The highest BCUT2D eigenvalue weighted by Gasteiger charge is 2.22. The average molecular weight is 205 g/mol. The lowest BCUT2D eigenvalue weighted by Crippen LogP contribution is -2.24. The van der Waals surface area contributed by atoms with E-state index in [0.717, 1.165) is 11.3 Å². The van der Waals surface area contributed by atoms with E-state index in [0.29, 0.717) is 12.1 Å². The van der Waals surface area contributed by atoms with Gasteiger partial charge in [0.15, 0.2) is 0 Å². The van der Waals surface area contributed by atoms with Crippen LogP contribution in [0.15, 0.2) is 17.3 Å². The predicted octanol–water partition coefficient (Wildman–Crippen LogP) is 2.65. The van der Waals surface area contributed by atoms with Gasteiger partial charge in [-0.2, -0.15) is 0 Å². The van der Waals surface area contributed by atoms with Crippen molar-refractivity contribution in [1.82, 2.24) is 0 Å². The maximum atomic E-state index is 8.95. The molecule has 1 N–H and O–H groups in total. The summed E-state index contributed by atoms with van der Waals surface area (Å²) in [4.78, 5) is 0. The molecule has 1 aromatic carbocycles. The first kappa shape index (κ1) is 10.0. The Morgan fingerprint density at radius 1 is 1.33 bits per heavy atom. The first-order valence-electron chi connectivity index (χ1n) is 5.11. The first-order valence-corrected chi connectivity index (χ1v) is 5.11. The lowest BCUT2D eigenvalue weighted by atomic mass is 9.96. The molecule has 0 saturated carbocycles. The van der Waals surface area contributed by atoms with E-state index in [4.69, 9.17) is 9.94 Å². The molecule has 0 amide bonds. The second-order valence-electron chi connectivity index (χ2n) is 4.11. The van der Waals surface area contributed by atoms with Crippen molar-refractivity contribution in [1.29, 1.82) is 0 Å². The van der Waals surface area contributed by atoms with Gasteiger partial charge in [-0.3, -0.25) is 0 Å². The molecule has 0 aliphatic carbocycles. The number of hydrogen-bond acceptors (Lipinski definition) is 3. The van der Waals surface area contributed by atoms with Crippen molar-refractivity contribution in [2.24, 2.45) is 5.16 Å². The van der Waals surface area contributed by atoms with Crippen LogP contribution in [-0.4, -0.2) is 17.0 Å². The fourth-order valence-corrected chi connectivity index (χ4v) is 1.85. The van der Waals surface area contributed by atoms with E-state index in [1.165, 1.54) is 11.1 Å². The standard InChI is InChI=1S/C12H15NO2/c1-7-4-10-11(13-14)6-9(3)15-12(10)5-8(7)2/h4-5,9,14H,6H2,1-3H3/b13-11-. The number of rotatable bonds is 0. The van der Waals surface area contributed by atoms with Gasteiger partial charge in [0.2, 0.25) is 0 Å². The summed E-state index contributed by atoms with van der Waals surface area (Å²) in [5, 5.41) is 12.3. The monoisotopic (exact) mass is 205 g/mol. The van der Waals surface area contributed by atoms with Gasteiger partial charge in [-0.05, 0) is 44.0 Å². The fraction of sp³-hybridized carbons (Fsp3) is 0.417. The normalized spacial score (nSPS) is 22.3. The zero-order valence-corrected chi connectivity index (χ0v) is 9.24. The van der Waals surface area contributed by atoms with Crippen molar-refractivity contribution in [2.45, 2.75) is 33.3 Å². The molecule has 2 rings (SSSR count). The van der Waals surface area contributed by atoms with Crippen molar-refractivity contribution in [2.75, 3.05) is 0 Å². The predicted molar refractivity (Wildman–Crippen MR) is 58.9 cm³/mol. The lowest BCUT2D eigenvalue weighted by molar-refractivity contribution is 0.218. The second-order valence-corrected chi connectivity index (χ2v) is 4.11. The number of nitrogens with zero attached hydrogens (tertiary/aromatic N) is 1. The fourth-order valence-electron chi connectivity index (χ4n) is 1.85. The third-order valence-electron chi connectivity index (χ3n) is 2.84. The highest BCUT2D eigenvalue weighted by molar-refractivity contribution is 6.03. The smallest absolute Gasteiger partial charge is 0.129 e. The Labute approximate surface area is 89.4 Å². The number of aryl methyl sites for hydroxylation is 2. The molecule has 3 nitrogen and oxygen atoms in total. The minimum atomic E-state index is 0.0745. The maximum absolute atomic E-state index is 8.95. The summed E-state index contributed by atoms with van der Waals surface area (Å²) in [7, 11) is 0. The Hall–Kier alpha value is -1.51. The van der Waals surface area contributed by atoms with Crippen molar-refractivity contribution >= 4 is 5.71 Å². The summed E-state index contributed by atoms with van der Waals surface area (Å²) >= 11 is 0. The Bertz CT molecular complexity index is 424. The van der Waals surface area contributed by atoms with Crippen LogP contribution >= 0.6 is 0 Å². The maximum Gasteiger partial charge on any atom is 0.129 e. The Balaban J connectivity index is 2.57. The van der Waals surface area contributed by atoms with Crippen LogP contribution in [-0.2, 0) is 0 Å². The average Bonchev–Trinajstić information content (AvgIpc) is 2.19. The minimum absolute atomic E-state index is 0.0745. The van der Waals surface area contributed by atoms with Crippen LogP contribution in [0, 0.1) is 13.8 Å². The molecule has 0 radical (unpaired) electrons. The number of benzene rings is 1. The van der Waals surface area contributed by atoms with Crippen LogP contribution in [0.2, 0.25) is 0 Å². The first-order chi connectivity index (χ1) is 7.11. The van der Waals surface area contributed by atoms with Gasteiger partial charge < -0.3 is 9.94 Å². The number of oxime groups is 1. The second kappa shape index (κ2) is 3.57. The van der Waals surface area contributed by atoms with Gasteiger partial charge in [0, 0.05) is 12.0 Å². The molecule has 0 saturated heterocycles. The quantitative estimate of drug-likeness (QED) is 0.522. The molecule has 1 aromatic rings. The third kappa shape index (κ3) is 1.69. The molecule has 15 heavy (non-hydrogen) atoms. The Morgan fingerprint density at radius 2 is 2.00 bits per heavy atom. The van der Waals surface area contributed by atoms with Crippen LogP contribution in [0.3, 0.4) is 0 Å². The number of hydrogen-bond donors (Lipinski definition) is 1. The Morgan fingerprint density at radius 3 is 2.67 bits per heavy atom. The SMILES string of the molecule is Cc1cc2c(cc1C)/C(=N\O)CC(C)O2. The van der Waals surface area contributed by atoms with Crippen LogP contribution in [0.1, 0.15) is 30.0 Å². The summed E-state index contributed by atoms with van der Waals surface area (Å²) in [6.45, 7) is 6.07. The van der Waals surface area contributed by atoms with E-state index in [9.17, 15) is 0 Å². The lowest BCUT2D eigenvalue weighted by Gasteiger charge is -2.24. The van der Waals surface area contributed by atoms with Gasteiger partial charge >= 0.3 is 0 Å². The van der Waals surface area contributed by atoms with Crippen molar-refractivity contribution < 1.29 is 9.94 Å². The molecule has 0 fully saturated rings. The molecule has 1 atom stereocenters. The summed E-state index contributed by atoms with van der Waals surface area (Å²) in [5.41, 5.74) is 4.01. The summed E-state index contributed by atoms with van der Waals surface area (Å²) in [6, 6.07) is 4.02. The zero-order valence-electron chi connectivity index (χ0n) is 9.24. The van der Waals surface area contributed by atoms with E-state index in [1.54, 1.807) is 0 Å². The van der Waals surface area contributed by atoms with E-state index in [1.807, 2.05) is 32.9 Å². The minimum Gasteiger partial charge on any atom is -0.490 e. The van der Waals surface area contributed by atoms with E-state index in [-0.39, 0.29) is 6.10 Å². The van der Waals surface area contributed by atoms with Gasteiger partial charge in [0.25, 0.3) is 0 Å². The number of ether oxygens (including phenoxy) is 1. The topological polar surface area (TPSA) is 41.8 Å². The Kier molecular flexibility index (Phi) is 2.39. The van der Waals surface area contributed by atoms with Gasteiger partial charge in [0.05, 0.1) is 5.71 Å². The van der Waals surface area contributed by atoms with Crippen molar-refractivity contribution in [3.63, 3.8) is 0 Å². The molecule has 3 heteroatoms. The molecule has 80 valence electrons. The molecule has 0 spiro atoms. The van der Waals surface area contributed by atoms with E-state index in [2.05, 4.69) is 5.16 Å². The van der Waals surface area contributed by atoms with Gasteiger partial charge in [-0.25, -0.2) is 0 Å². The number of fused-ring (bicyclic) bond motifs is 1. The zero-order chi connectivity index (χ0) is 11.0. The summed E-state index contributed by atoms with van der Waals surface area (Å²) in [5.74, 6) is 0.824. The van der Waals surface area contributed by atoms with Gasteiger partial charge in [-0.1, -0.05) is 5.16 Å². The van der Waals surface area contributed by atoms with Crippen LogP contribution < -0.4 is 4.74 Å². The van der Waals surface area contributed by atoms with Crippen molar-refractivity contribution in [3.8, 4) is 5.75 Å². The van der Waals surface area contributed by atoms with E-state index < -0.39 is 0 Å². The highest BCUT2D eigenvalue weighted by Crippen LogP contribution is 2.30. The summed E-state index contributed by atoms with van der Waals surface area (Å²) < 4.78 is 5.71. The van der Waals surface area contributed by atoms with Crippen LogP contribution in [0.5, 0.6) is 5.75 Å². The third-order valence-corrected chi connectivity index (χ3v) is 2.84. The highest BCUT2D eigenvalue weighted by atomic mass is 16.5. The molecule has 1 heterocycles. The van der Waals surface area contributed by atoms with E-state index >= 15 is 0 Å².